The zero-order valence-electron chi connectivity index (χ0n) is 14.8. The number of thiophene rings is 1. The lowest BCUT2D eigenvalue weighted by molar-refractivity contribution is -0.127. The Kier molecular flexibility index (Phi) is 5.13. The topological polar surface area (TPSA) is 69.3 Å². The van der Waals surface area contributed by atoms with Crippen LogP contribution in [0.1, 0.15) is 11.4 Å². The monoisotopic (exact) mass is 380 g/mol. The van der Waals surface area contributed by atoms with E-state index in [4.69, 9.17) is 0 Å². The quantitative estimate of drug-likeness (QED) is 0.706. The number of hydrogen-bond acceptors (Lipinski definition) is 5. The fourth-order valence-electron chi connectivity index (χ4n) is 3.19. The zero-order chi connectivity index (χ0) is 18.6. The van der Waals surface area contributed by atoms with E-state index in [2.05, 4.69) is 14.9 Å². The van der Waals surface area contributed by atoms with Crippen molar-refractivity contribution < 1.29 is 4.79 Å². The van der Waals surface area contributed by atoms with Gasteiger partial charge in [0.1, 0.15) is 5.82 Å². The Labute approximate surface area is 160 Å². The van der Waals surface area contributed by atoms with Crippen LogP contribution in [0.2, 0.25) is 0 Å². The standard InChI is InChI=1S/C20H20N4O2S/c25-19(6-5-15-7-12-27-14-15)24-10-8-23(9-11-24)13-18-21-17-4-2-1-3-16(17)20(26)22-18/h1-7,12,14H,8-11,13H2,(H,21,22,26)/b6-5+. The third-order valence-electron chi connectivity index (χ3n) is 4.68. The van der Waals surface area contributed by atoms with Crippen LogP contribution in [0.4, 0.5) is 0 Å². The number of aromatic amines is 1. The summed E-state index contributed by atoms with van der Waals surface area (Å²) in [4.78, 5) is 36.0. The number of amides is 1. The fraction of sp³-hybridized carbons (Fsp3) is 0.250. The number of hydrogen-bond donors (Lipinski definition) is 1. The van der Waals surface area contributed by atoms with Crippen molar-refractivity contribution in [2.75, 3.05) is 26.2 Å². The lowest BCUT2D eigenvalue weighted by atomic mass is 10.2. The molecule has 0 unspecified atom stereocenters. The first-order valence-corrected chi connectivity index (χ1v) is 9.83. The van der Waals surface area contributed by atoms with Gasteiger partial charge in [-0.3, -0.25) is 14.5 Å². The Bertz CT molecular complexity index is 1020. The van der Waals surface area contributed by atoms with Gasteiger partial charge in [0.15, 0.2) is 0 Å². The minimum Gasteiger partial charge on any atom is -0.337 e. The molecule has 1 aromatic carbocycles. The Morgan fingerprint density at radius 2 is 2.00 bits per heavy atom. The Hall–Kier alpha value is -2.77. The van der Waals surface area contributed by atoms with Crippen LogP contribution < -0.4 is 5.56 Å². The van der Waals surface area contributed by atoms with Gasteiger partial charge in [0.2, 0.25) is 5.91 Å². The number of para-hydroxylation sites is 1. The second-order valence-corrected chi connectivity index (χ2v) is 7.30. The molecule has 1 fully saturated rings. The van der Waals surface area contributed by atoms with Gasteiger partial charge in [-0.05, 0) is 40.6 Å². The summed E-state index contributed by atoms with van der Waals surface area (Å²) >= 11 is 1.62. The average Bonchev–Trinajstić information content (AvgIpc) is 3.20. The Balaban J connectivity index is 1.35. The fourth-order valence-corrected chi connectivity index (χ4v) is 3.82. The number of fused-ring (bicyclic) bond motifs is 1. The highest BCUT2D eigenvalue weighted by Crippen LogP contribution is 2.11. The first-order valence-electron chi connectivity index (χ1n) is 8.88. The number of nitrogens with one attached hydrogen (secondary N) is 1. The van der Waals surface area contributed by atoms with Crippen molar-refractivity contribution in [3.63, 3.8) is 0 Å². The summed E-state index contributed by atoms with van der Waals surface area (Å²) in [5.41, 5.74) is 1.66. The van der Waals surface area contributed by atoms with Gasteiger partial charge in [-0.25, -0.2) is 4.98 Å². The maximum absolute atomic E-state index is 12.3. The summed E-state index contributed by atoms with van der Waals surface area (Å²) in [6.45, 7) is 3.44. The highest BCUT2D eigenvalue weighted by Gasteiger charge is 2.20. The smallest absolute Gasteiger partial charge is 0.258 e. The lowest BCUT2D eigenvalue weighted by Crippen LogP contribution is -2.48. The third-order valence-corrected chi connectivity index (χ3v) is 5.38. The molecular formula is C20H20N4O2S. The molecule has 1 N–H and O–H groups in total. The van der Waals surface area contributed by atoms with E-state index < -0.39 is 0 Å². The molecule has 0 saturated carbocycles. The van der Waals surface area contributed by atoms with E-state index in [0.717, 1.165) is 18.7 Å². The minimum absolute atomic E-state index is 0.0399. The van der Waals surface area contributed by atoms with Gasteiger partial charge in [0.05, 0.1) is 17.4 Å². The predicted octanol–water partition coefficient (Wildman–Crippen LogP) is 2.34. The van der Waals surface area contributed by atoms with Crippen LogP contribution in [0.3, 0.4) is 0 Å². The maximum atomic E-state index is 12.3. The van der Waals surface area contributed by atoms with Crippen LogP contribution >= 0.6 is 11.3 Å². The predicted molar refractivity (Wildman–Crippen MR) is 108 cm³/mol. The molecule has 1 aliphatic rings. The Morgan fingerprint density at radius 3 is 2.78 bits per heavy atom. The molecule has 138 valence electrons. The van der Waals surface area contributed by atoms with Gasteiger partial charge in [-0.2, -0.15) is 11.3 Å². The van der Waals surface area contributed by atoms with Gasteiger partial charge in [0.25, 0.3) is 5.56 Å². The molecule has 3 aromatic rings. The lowest BCUT2D eigenvalue weighted by Gasteiger charge is -2.33. The maximum Gasteiger partial charge on any atom is 0.258 e. The van der Waals surface area contributed by atoms with E-state index in [0.29, 0.717) is 36.4 Å². The second-order valence-electron chi connectivity index (χ2n) is 6.52. The van der Waals surface area contributed by atoms with E-state index >= 15 is 0 Å². The number of aromatic nitrogens is 2. The number of rotatable bonds is 4. The van der Waals surface area contributed by atoms with Crippen molar-refractivity contribution in [3.05, 3.63) is 68.9 Å². The number of benzene rings is 1. The molecule has 0 aliphatic carbocycles. The van der Waals surface area contributed by atoms with Gasteiger partial charge in [-0.1, -0.05) is 12.1 Å². The van der Waals surface area contributed by atoms with E-state index in [1.807, 2.05) is 46.0 Å². The molecule has 0 bridgehead atoms. The highest BCUT2D eigenvalue weighted by atomic mass is 32.1. The van der Waals surface area contributed by atoms with Gasteiger partial charge >= 0.3 is 0 Å². The molecule has 1 amide bonds. The van der Waals surface area contributed by atoms with Gasteiger partial charge < -0.3 is 9.88 Å². The van der Waals surface area contributed by atoms with Gasteiger partial charge in [0, 0.05) is 32.3 Å². The number of nitrogens with zero attached hydrogens (tertiary/aromatic N) is 3. The van der Waals surface area contributed by atoms with Crippen LogP contribution in [0.5, 0.6) is 0 Å². The Morgan fingerprint density at radius 1 is 1.19 bits per heavy atom. The zero-order valence-corrected chi connectivity index (χ0v) is 15.6. The molecule has 0 atom stereocenters. The first-order chi connectivity index (χ1) is 13.2. The van der Waals surface area contributed by atoms with E-state index in [1.54, 1.807) is 23.5 Å². The normalized spacial score (nSPS) is 15.6. The van der Waals surface area contributed by atoms with Crippen LogP contribution in [-0.2, 0) is 11.3 Å². The van der Waals surface area contributed by atoms with Crippen LogP contribution in [0.15, 0.2) is 52.0 Å². The van der Waals surface area contributed by atoms with Crippen LogP contribution in [-0.4, -0.2) is 51.9 Å². The van der Waals surface area contributed by atoms with Crippen LogP contribution in [0, 0.1) is 0 Å². The van der Waals surface area contributed by atoms with Crippen molar-refractivity contribution in [2.24, 2.45) is 0 Å². The molecule has 1 saturated heterocycles. The molecule has 2 aromatic heterocycles. The van der Waals surface area contributed by atoms with Crippen molar-refractivity contribution in [2.45, 2.75) is 6.54 Å². The summed E-state index contributed by atoms with van der Waals surface area (Å²) in [6, 6.07) is 9.34. The molecule has 1 aliphatic heterocycles. The highest BCUT2D eigenvalue weighted by molar-refractivity contribution is 7.08. The average molecular weight is 380 g/mol. The summed E-state index contributed by atoms with van der Waals surface area (Å²) in [5.74, 6) is 0.703. The van der Waals surface area contributed by atoms with Crippen molar-refractivity contribution in [1.29, 1.82) is 0 Å². The van der Waals surface area contributed by atoms with Crippen molar-refractivity contribution in [1.82, 2.24) is 19.8 Å². The summed E-state index contributed by atoms with van der Waals surface area (Å²) < 4.78 is 0. The minimum atomic E-state index is -0.108. The third kappa shape index (κ3) is 4.15. The largest absolute Gasteiger partial charge is 0.337 e. The number of piperazine rings is 1. The molecule has 27 heavy (non-hydrogen) atoms. The second kappa shape index (κ2) is 7.85. The summed E-state index contributed by atoms with van der Waals surface area (Å²) in [6.07, 6.45) is 3.50. The molecular weight excluding hydrogens is 360 g/mol. The van der Waals surface area contributed by atoms with Crippen molar-refractivity contribution in [3.8, 4) is 0 Å². The van der Waals surface area contributed by atoms with E-state index in [9.17, 15) is 9.59 Å². The van der Waals surface area contributed by atoms with Gasteiger partial charge in [-0.15, -0.1) is 0 Å². The molecule has 0 spiro atoms. The van der Waals surface area contributed by atoms with E-state index in [-0.39, 0.29) is 11.5 Å². The molecule has 7 heteroatoms. The first kappa shape index (κ1) is 17.6. The molecule has 3 heterocycles. The molecule has 4 rings (SSSR count). The van der Waals surface area contributed by atoms with Crippen LogP contribution in [0.25, 0.3) is 17.0 Å². The number of H-pyrrole nitrogens is 1. The molecule has 6 nitrogen and oxygen atoms in total. The number of carbonyl (C=O) groups is 1. The summed E-state index contributed by atoms with van der Waals surface area (Å²) in [5, 5.41) is 4.61. The number of carbonyl (C=O) groups excluding carboxylic acids is 1. The molecule has 0 radical (unpaired) electrons. The SMILES string of the molecule is O=C(/C=C/c1ccsc1)N1CCN(Cc2nc3ccccc3c(=O)[nH]2)CC1. The van der Waals surface area contributed by atoms with Crippen molar-refractivity contribution >= 4 is 34.2 Å². The van der Waals surface area contributed by atoms with E-state index in [1.165, 1.54) is 0 Å². The summed E-state index contributed by atoms with van der Waals surface area (Å²) in [7, 11) is 0.